The quantitative estimate of drug-likeness (QED) is 0.579. The first kappa shape index (κ1) is 17.8. The highest BCUT2D eigenvalue weighted by Crippen LogP contribution is 2.32. The first-order valence-corrected chi connectivity index (χ1v) is 9.37. The molecule has 0 spiro atoms. The molecule has 1 heterocycles. The molecular weight excluding hydrogens is 420 g/mol. The summed E-state index contributed by atoms with van der Waals surface area (Å²) in [4.78, 5) is 25.4. The first-order valence-electron chi connectivity index (χ1n) is 7.36. The number of thiocarbonyl (C=S) groups is 1. The average molecular weight is 433 g/mol. The molecule has 1 fully saturated rings. The van der Waals surface area contributed by atoms with Gasteiger partial charge >= 0.3 is 0 Å². The maximum absolute atomic E-state index is 12.6. The standard InChI is InChI=1S/C18H13BrN2O2S2/c1-11-6-8-12(9-7-11)16(22)20-21-17(23)15(25-18(21)24)10-13-4-2-3-5-14(13)19/h2-10H,1H3,(H,20,22)/b15-10-. The molecule has 4 nitrogen and oxygen atoms in total. The summed E-state index contributed by atoms with van der Waals surface area (Å²) >= 11 is 9.84. The zero-order valence-electron chi connectivity index (χ0n) is 13.2. The van der Waals surface area contributed by atoms with E-state index in [0.717, 1.165) is 32.4 Å². The molecule has 1 aliphatic heterocycles. The van der Waals surface area contributed by atoms with Gasteiger partial charge in [0.05, 0.1) is 4.91 Å². The molecule has 2 aromatic carbocycles. The van der Waals surface area contributed by atoms with Crippen molar-refractivity contribution in [3.8, 4) is 0 Å². The summed E-state index contributed by atoms with van der Waals surface area (Å²) in [7, 11) is 0. The van der Waals surface area contributed by atoms with Crippen molar-refractivity contribution in [1.29, 1.82) is 0 Å². The number of nitrogens with zero attached hydrogens (tertiary/aromatic N) is 1. The fourth-order valence-electron chi connectivity index (χ4n) is 2.17. The Bertz CT molecular complexity index is 894. The number of rotatable bonds is 3. The van der Waals surface area contributed by atoms with Crippen molar-refractivity contribution < 1.29 is 9.59 Å². The van der Waals surface area contributed by atoms with Crippen molar-refractivity contribution in [2.24, 2.45) is 0 Å². The van der Waals surface area contributed by atoms with Gasteiger partial charge < -0.3 is 0 Å². The Morgan fingerprint density at radius 1 is 1.20 bits per heavy atom. The minimum absolute atomic E-state index is 0.295. The van der Waals surface area contributed by atoms with Crippen LogP contribution in [0.25, 0.3) is 6.08 Å². The van der Waals surface area contributed by atoms with Crippen LogP contribution in [0.5, 0.6) is 0 Å². The molecule has 0 aromatic heterocycles. The minimum atomic E-state index is -0.376. The number of benzene rings is 2. The number of aryl methyl sites for hydroxylation is 1. The van der Waals surface area contributed by atoms with E-state index in [1.54, 1.807) is 18.2 Å². The summed E-state index contributed by atoms with van der Waals surface area (Å²) in [5.74, 6) is -0.718. The SMILES string of the molecule is Cc1ccc(C(=O)NN2C(=O)/C(=C/c3ccccc3Br)SC2=S)cc1. The summed E-state index contributed by atoms with van der Waals surface area (Å²) in [6, 6.07) is 14.7. The molecule has 0 unspecified atom stereocenters. The first-order chi connectivity index (χ1) is 12.0. The Kier molecular flexibility index (Phi) is 5.36. The minimum Gasteiger partial charge on any atom is -0.267 e. The number of halogens is 1. The van der Waals surface area contributed by atoms with E-state index in [9.17, 15) is 9.59 Å². The lowest BCUT2D eigenvalue weighted by Gasteiger charge is -2.15. The predicted octanol–water partition coefficient (Wildman–Crippen LogP) is 4.30. The van der Waals surface area contributed by atoms with Gasteiger partial charge in [-0.15, -0.1) is 0 Å². The van der Waals surface area contributed by atoms with Gasteiger partial charge in [-0.25, -0.2) is 0 Å². The number of amides is 2. The van der Waals surface area contributed by atoms with Crippen LogP contribution in [0.2, 0.25) is 0 Å². The monoisotopic (exact) mass is 432 g/mol. The lowest BCUT2D eigenvalue weighted by molar-refractivity contribution is -0.123. The Morgan fingerprint density at radius 3 is 2.56 bits per heavy atom. The van der Waals surface area contributed by atoms with Crippen LogP contribution < -0.4 is 5.43 Å². The van der Waals surface area contributed by atoms with Gasteiger partial charge in [-0.3, -0.25) is 15.0 Å². The van der Waals surface area contributed by atoms with Gasteiger partial charge in [0.2, 0.25) is 0 Å². The molecule has 1 N–H and O–H groups in total. The molecule has 0 aliphatic carbocycles. The molecule has 2 aromatic rings. The van der Waals surface area contributed by atoms with E-state index in [4.69, 9.17) is 12.2 Å². The second-order valence-electron chi connectivity index (χ2n) is 5.35. The maximum Gasteiger partial charge on any atom is 0.285 e. The molecule has 3 rings (SSSR count). The molecule has 0 atom stereocenters. The number of hydrazine groups is 1. The van der Waals surface area contributed by atoms with E-state index >= 15 is 0 Å². The van der Waals surface area contributed by atoms with Crippen molar-refractivity contribution in [2.45, 2.75) is 6.92 Å². The van der Waals surface area contributed by atoms with E-state index in [1.165, 1.54) is 0 Å². The van der Waals surface area contributed by atoms with E-state index in [1.807, 2.05) is 43.3 Å². The maximum atomic E-state index is 12.6. The van der Waals surface area contributed by atoms with Gasteiger partial charge in [-0.1, -0.05) is 63.6 Å². The summed E-state index contributed by atoms with van der Waals surface area (Å²) in [6.07, 6.45) is 1.75. The van der Waals surface area contributed by atoms with Gasteiger partial charge in [-0.05, 0) is 49.0 Å². The van der Waals surface area contributed by atoms with Crippen molar-refractivity contribution in [3.05, 3.63) is 74.6 Å². The highest BCUT2D eigenvalue weighted by Gasteiger charge is 2.33. The van der Waals surface area contributed by atoms with Crippen LogP contribution in [-0.2, 0) is 4.79 Å². The highest BCUT2D eigenvalue weighted by atomic mass is 79.9. The van der Waals surface area contributed by atoms with E-state index in [2.05, 4.69) is 21.4 Å². The summed E-state index contributed by atoms with van der Waals surface area (Å²) in [5.41, 5.74) is 4.96. The zero-order valence-corrected chi connectivity index (χ0v) is 16.4. The largest absolute Gasteiger partial charge is 0.285 e. The second kappa shape index (κ2) is 7.51. The van der Waals surface area contributed by atoms with Crippen LogP contribution in [0.4, 0.5) is 0 Å². The second-order valence-corrected chi connectivity index (χ2v) is 7.88. The van der Waals surface area contributed by atoms with Gasteiger partial charge in [-0.2, -0.15) is 5.01 Å². The number of hydrogen-bond donors (Lipinski definition) is 1. The zero-order chi connectivity index (χ0) is 18.0. The Labute approximate surface area is 163 Å². The average Bonchev–Trinajstić information content (AvgIpc) is 2.85. The van der Waals surface area contributed by atoms with Gasteiger partial charge in [0, 0.05) is 10.0 Å². The topological polar surface area (TPSA) is 49.4 Å². The van der Waals surface area contributed by atoms with E-state index in [0.29, 0.717) is 14.8 Å². The van der Waals surface area contributed by atoms with Gasteiger partial charge in [0.1, 0.15) is 0 Å². The Balaban J connectivity index is 1.79. The summed E-state index contributed by atoms with van der Waals surface area (Å²) in [6.45, 7) is 1.94. The predicted molar refractivity (Wildman–Crippen MR) is 108 cm³/mol. The highest BCUT2D eigenvalue weighted by molar-refractivity contribution is 9.10. The molecule has 25 heavy (non-hydrogen) atoms. The van der Waals surface area contributed by atoms with Crippen LogP contribution in [0.15, 0.2) is 57.9 Å². The molecule has 1 saturated heterocycles. The van der Waals surface area contributed by atoms with Gasteiger partial charge in [0.25, 0.3) is 11.8 Å². The summed E-state index contributed by atoms with van der Waals surface area (Å²) in [5, 5.41) is 1.12. The molecule has 0 radical (unpaired) electrons. The molecule has 0 bridgehead atoms. The van der Waals surface area contributed by atoms with Gasteiger partial charge in [0.15, 0.2) is 4.32 Å². The van der Waals surface area contributed by atoms with Crippen molar-refractivity contribution in [3.63, 3.8) is 0 Å². The third kappa shape index (κ3) is 4.00. The fraction of sp³-hybridized carbons (Fsp3) is 0.0556. The number of hydrogen-bond acceptors (Lipinski definition) is 4. The molecule has 1 aliphatic rings. The Morgan fingerprint density at radius 2 is 1.88 bits per heavy atom. The normalized spacial score (nSPS) is 15.8. The van der Waals surface area contributed by atoms with Crippen LogP contribution >= 0.6 is 39.9 Å². The third-order valence-electron chi connectivity index (χ3n) is 3.51. The van der Waals surface area contributed by atoms with Crippen LogP contribution in [0, 0.1) is 6.92 Å². The molecule has 126 valence electrons. The van der Waals surface area contributed by atoms with Crippen molar-refractivity contribution in [2.75, 3.05) is 0 Å². The smallest absolute Gasteiger partial charge is 0.267 e. The van der Waals surface area contributed by atoms with Crippen LogP contribution in [-0.4, -0.2) is 21.1 Å². The van der Waals surface area contributed by atoms with Crippen molar-refractivity contribution in [1.82, 2.24) is 10.4 Å². The summed E-state index contributed by atoms with van der Waals surface area (Å²) < 4.78 is 1.17. The van der Waals surface area contributed by atoms with E-state index in [-0.39, 0.29) is 11.8 Å². The number of carbonyl (C=O) groups is 2. The lowest BCUT2D eigenvalue weighted by Crippen LogP contribution is -2.44. The molecule has 7 heteroatoms. The number of carbonyl (C=O) groups excluding carboxylic acids is 2. The van der Waals surface area contributed by atoms with Crippen LogP contribution in [0.1, 0.15) is 21.5 Å². The molecule has 2 amide bonds. The number of thioether (sulfide) groups is 1. The van der Waals surface area contributed by atoms with Crippen LogP contribution in [0.3, 0.4) is 0 Å². The molecule has 0 saturated carbocycles. The number of nitrogens with one attached hydrogen (secondary N) is 1. The van der Waals surface area contributed by atoms with Crippen molar-refractivity contribution >= 4 is 62.1 Å². The fourth-order valence-corrected chi connectivity index (χ4v) is 3.74. The molecular formula is C18H13BrN2O2S2. The third-order valence-corrected chi connectivity index (χ3v) is 5.54. The Hall–Kier alpha value is -1.96. The lowest BCUT2D eigenvalue weighted by atomic mass is 10.1. The van der Waals surface area contributed by atoms with E-state index < -0.39 is 0 Å².